The number of rotatable bonds is 3. The molecule has 0 aromatic heterocycles. The lowest BCUT2D eigenvalue weighted by molar-refractivity contribution is 0.628. The van der Waals surface area contributed by atoms with Crippen LogP contribution in [-0.2, 0) is 19.3 Å². The van der Waals surface area contributed by atoms with Crippen LogP contribution in [0.4, 0.5) is 4.39 Å². The van der Waals surface area contributed by atoms with Gasteiger partial charge in [0.05, 0.1) is 5.02 Å². The maximum Gasteiger partial charge on any atom is 0.143 e. The summed E-state index contributed by atoms with van der Waals surface area (Å²) in [6.45, 7) is 2.23. The van der Waals surface area contributed by atoms with E-state index in [-0.39, 0.29) is 5.02 Å². The molecule has 1 aliphatic rings. The lowest BCUT2D eigenvalue weighted by Crippen LogP contribution is -2.05. The molecular formula is C26H22ClF. The summed E-state index contributed by atoms with van der Waals surface area (Å²) in [6.07, 6.45) is 5.74. The average Bonchev–Trinajstić information content (AvgIpc) is 2.72. The van der Waals surface area contributed by atoms with E-state index in [4.69, 9.17) is 11.6 Å². The molecule has 0 saturated heterocycles. The molecule has 0 unspecified atom stereocenters. The van der Waals surface area contributed by atoms with E-state index in [0.717, 1.165) is 24.8 Å². The summed E-state index contributed by atoms with van der Waals surface area (Å²) in [5.41, 5.74) is 8.48. The van der Waals surface area contributed by atoms with Crippen molar-refractivity contribution in [1.82, 2.24) is 0 Å². The van der Waals surface area contributed by atoms with E-state index in [9.17, 15) is 4.39 Å². The molecule has 28 heavy (non-hydrogen) atoms. The van der Waals surface area contributed by atoms with Crippen LogP contribution in [0.25, 0.3) is 11.1 Å². The molecule has 0 aliphatic heterocycles. The Morgan fingerprint density at radius 1 is 0.857 bits per heavy atom. The Balaban J connectivity index is 1.60. The third-order valence-electron chi connectivity index (χ3n) is 5.32. The highest BCUT2D eigenvalue weighted by atomic mass is 35.5. The Kier molecular flexibility index (Phi) is 5.51. The molecule has 0 saturated carbocycles. The Bertz CT molecular complexity index is 1090. The molecule has 0 heterocycles. The minimum atomic E-state index is -0.436. The second-order valence-electron chi connectivity index (χ2n) is 7.35. The van der Waals surface area contributed by atoms with E-state index < -0.39 is 5.82 Å². The fourth-order valence-electron chi connectivity index (χ4n) is 3.78. The van der Waals surface area contributed by atoms with Gasteiger partial charge >= 0.3 is 0 Å². The topological polar surface area (TPSA) is 0 Å². The van der Waals surface area contributed by atoms with Crippen LogP contribution in [0.3, 0.4) is 0 Å². The van der Waals surface area contributed by atoms with Crippen LogP contribution in [0.1, 0.15) is 47.6 Å². The van der Waals surface area contributed by atoms with Crippen molar-refractivity contribution in [3.05, 3.63) is 93.3 Å². The van der Waals surface area contributed by atoms with E-state index in [0.29, 0.717) is 5.56 Å². The summed E-state index contributed by atoms with van der Waals surface area (Å²) in [5.74, 6) is 5.75. The van der Waals surface area contributed by atoms with Crippen molar-refractivity contribution in [2.75, 3.05) is 0 Å². The molecule has 3 aromatic carbocycles. The first-order chi connectivity index (χ1) is 13.6. The molecule has 0 amide bonds. The highest BCUT2D eigenvalue weighted by Gasteiger charge is 2.16. The van der Waals surface area contributed by atoms with Crippen LogP contribution in [0.5, 0.6) is 0 Å². The quantitative estimate of drug-likeness (QED) is 0.424. The average molecular weight is 389 g/mol. The van der Waals surface area contributed by atoms with E-state index in [1.54, 1.807) is 12.1 Å². The van der Waals surface area contributed by atoms with E-state index in [1.165, 1.54) is 46.7 Å². The standard InChI is InChI=1S/C26H22ClF/c1-2-3-4-18-7-12-23-21(15-18)10-11-22-16-19(8-13-24(22)23)5-6-20-9-14-25(27)26(28)17-20/h7-9,12-17H,2-4,10-11H2,1H3. The number of halogens is 2. The molecule has 2 heteroatoms. The van der Waals surface area contributed by atoms with Crippen LogP contribution in [-0.4, -0.2) is 0 Å². The van der Waals surface area contributed by atoms with E-state index in [1.807, 2.05) is 0 Å². The van der Waals surface area contributed by atoms with Gasteiger partial charge in [0.15, 0.2) is 0 Å². The SMILES string of the molecule is CCCCc1ccc2c(c1)CCc1cc(C#Cc3ccc(Cl)c(F)c3)ccc1-2. The first-order valence-corrected chi connectivity index (χ1v) is 10.2. The maximum absolute atomic E-state index is 13.6. The van der Waals surface area contributed by atoms with Crippen LogP contribution in [0, 0.1) is 17.7 Å². The fraction of sp³-hybridized carbons (Fsp3) is 0.231. The number of benzene rings is 3. The van der Waals surface area contributed by atoms with Gasteiger partial charge in [-0.3, -0.25) is 0 Å². The number of hydrogen-bond acceptors (Lipinski definition) is 0. The predicted molar refractivity (Wildman–Crippen MR) is 115 cm³/mol. The molecule has 0 atom stereocenters. The summed E-state index contributed by atoms with van der Waals surface area (Å²) in [7, 11) is 0. The second kappa shape index (κ2) is 8.21. The highest BCUT2D eigenvalue weighted by molar-refractivity contribution is 6.30. The van der Waals surface area contributed by atoms with Crippen molar-refractivity contribution >= 4 is 11.6 Å². The van der Waals surface area contributed by atoms with E-state index in [2.05, 4.69) is 55.2 Å². The number of fused-ring (bicyclic) bond motifs is 3. The Morgan fingerprint density at radius 3 is 2.21 bits per heavy atom. The second-order valence-corrected chi connectivity index (χ2v) is 7.75. The van der Waals surface area contributed by atoms with Crippen LogP contribution < -0.4 is 0 Å². The van der Waals surface area contributed by atoms with Crippen molar-refractivity contribution in [2.45, 2.75) is 39.0 Å². The van der Waals surface area contributed by atoms with Crippen LogP contribution in [0.15, 0.2) is 54.6 Å². The first kappa shape index (κ1) is 18.8. The van der Waals surface area contributed by atoms with Crippen LogP contribution in [0.2, 0.25) is 5.02 Å². The highest BCUT2D eigenvalue weighted by Crippen LogP contribution is 2.34. The minimum Gasteiger partial charge on any atom is -0.205 e. The van der Waals surface area contributed by atoms with Gasteiger partial charge in [0, 0.05) is 11.1 Å². The molecule has 4 rings (SSSR count). The van der Waals surface area contributed by atoms with Crippen molar-refractivity contribution in [3.63, 3.8) is 0 Å². The molecule has 1 aliphatic carbocycles. The summed E-state index contributed by atoms with van der Waals surface area (Å²) in [4.78, 5) is 0. The minimum absolute atomic E-state index is 0.121. The third-order valence-corrected chi connectivity index (χ3v) is 5.63. The third kappa shape index (κ3) is 3.98. The Hall–Kier alpha value is -2.56. The van der Waals surface area contributed by atoms with Gasteiger partial charge in [0.1, 0.15) is 5.82 Å². The van der Waals surface area contributed by atoms with Crippen molar-refractivity contribution in [3.8, 4) is 23.0 Å². The first-order valence-electron chi connectivity index (χ1n) is 9.86. The molecule has 140 valence electrons. The van der Waals surface area contributed by atoms with Gasteiger partial charge in [-0.2, -0.15) is 0 Å². The predicted octanol–water partition coefficient (Wildman–Crippen LogP) is 6.99. The lowest BCUT2D eigenvalue weighted by Gasteiger charge is -2.21. The summed E-state index contributed by atoms with van der Waals surface area (Å²) in [6, 6.07) is 18.0. The molecule has 0 N–H and O–H groups in total. The molecule has 3 aromatic rings. The van der Waals surface area contributed by atoms with Gasteiger partial charge in [0.25, 0.3) is 0 Å². The van der Waals surface area contributed by atoms with Crippen LogP contribution >= 0.6 is 11.6 Å². The van der Waals surface area contributed by atoms with Crippen molar-refractivity contribution in [2.24, 2.45) is 0 Å². The van der Waals surface area contributed by atoms with Gasteiger partial charge in [-0.1, -0.05) is 61.1 Å². The van der Waals surface area contributed by atoms with Crippen molar-refractivity contribution in [1.29, 1.82) is 0 Å². The Labute approximate surface area is 171 Å². The summed E-state index contributed by atoms with van der Waals surface area (Å²) >= 11 is 5.73. The number of unbranched alkanes of at least 4 members (excludes halogenated alkanes) is 1. The molecular weight excluding hydrogens is 367 g/mol. The summed E-state index contributed by atoms with van der Waals surface area (Å²) in [5, 5.41) is 0.121. The number of aryl methyl sites for hydroxylation is 3. The van der Waals surface area contributed by atoms with Gasteiger partial charge in [0.2, 0.25) is 0 Å². The monoisotopic (exact) mass is 388 g/mol. The Morgan fingerprint density at radius 2 is 1.50 bits per heavy atom. The van der Waals surface area contributed by atoms with Crippen molar-refractivity contribution < 1.29 is 4.39 Å². The lowest BCUT2D eigenvalue weighted by atomic mass is 9.83. The molecule has 0 fully saturated rings. The normalized spacial score (nSPS) is 12.0. The molecule has 0 nitrogen and oxygen atoms in total. The molecule has 0 radical (unpaired) electrons. The molecule has 0 spiro atoms. The van der Waals surface area contributed by atoms with Gasteiger partial charge < -0.3 is 0 Å². The van der Waals surface area contributed by atoms with E-state index >= 15 is 0 Å². The number of hydrogen-bond donors (Lipinski definition) is 0. The maximum atomic E-state index is 13.6. The zero-order valence-electron chi connectivity index (χ0n) is 16.0. The zero-order valence-corrected chi connectivity index (χ0v) is 16.7. The zero-order chi connectivity index (χ0) is 19.5. The largest absolute Gasteiger partial charge is 0.205 e. The summed E-state index contributed by atoms with van der Waals surface area (Å²) < 4.78 is 13.6. The fourth-order valence-corrected chi connectivity index (χ4v) is 3.90. The van der Waals surface area contributed by atoms with Gasteiger partial charge in [-0.15, -0.1) is 0 Å². The van der Waals surface area contributed by atoms with Gasteiger partial charge in [-0.05, 0) is 83.8 Å². The molecule has 0 bridgehead atoms. The van der Waals surface area contributed by atoms with Gasteiger partial charge in [-0.25, -0.2) is 4.39 Å². The smallest absolute Gasteiger partial charge is 0.143 e.